The molecule has 0 N–H and O–H groups in total. The van der Waals surface area contributed by atoms with Crippen molar-refractivity contribution in [2.24, 2.45) is 5.92 Å². The molecule has 0 aliphatic carbocycles. The third-order valence-electron chi connectivity index (χ3n) is 7.25. The summed E-state index contributed by atoms with van der Waals surface area (Å²) in [5.41, 5.74) is 3.44. The first-order valence-electron chi connectivity index (χ1n) is 12.5. The molecule has 3 aromatic rings. The number of rotatable bonds is 7. The molecule has 0 saturated carbocycles. The Kier molecular flexibility index (Phi) is 7.30. The van der Waals surface area contributed by atoms with Gasteiger partial charge in [0, 0.05) is 25.6 Å². The zero-order valence-corrected chi connectivity index (χ0v) is 19.8. The predicted octanol–water partition coefficient (Wildman–Crippen LogP) is 5.59. The quantitative estimate of drug-likeness (QED) is 0.463. The smallest absolute Gasteiger partial charge is 0.257 e. The first kappa shape index (κ1) is 22.7. The second kappa shape index (κ2) is 10.9. The van der Waals surface area contributed by atoms with E-state index in [1.807, 2.05) is 4.90 Å². The number of amides is 1. The van der Waals surface area contributed by atoms with Gasteiger partial charge in [0.2, 0.25) is 0 Å². The summed E-state index contributed by atoms with van der Waals surface area (Å²) in [4.78, 5) is 17.1. The molecular weight excluding hydrogens is 424 g/mol. The van der Waals surface area contributed by atoms with E-state index in [0.717, 1.165) is 51.3 Å². The van der Waals surface area contributed by atoms with Crippen molar-refractivity contribution in [3.8, 4) is 5.75 Å². The predicted molar refractivity (Wildman–Crippen MR) is 133 cm³/mol. The van der Waals surface area contributed by atoms with E-state index in [1.54, 1.807) is 12.3 Å². The molecule has 0 unspecified atom stereocenters. The normalized spacial score (nSPS) is 19.8. The number of nitrogens with zero attached hydrogens (tertiary/aromatic N) is 2. The molecule has 2 saturated heterocycles. The minimum absolute atomic E-state index is 0.0515. The summed E-state index contributed by atoms with van der Waals surface area (Å²) in [6, 6.07) is 21.2. The monoisotopic (exact) mass is 458 g/mol. The van der Waals surface area contributed by atoms with Crippen molar-refractivity contribution in [1.82, 2.24) is 9.80 Å². The van der Waals surface area contributed by atoms with Crippen LogP contribution in [0.4, 0.5) is 0 Å². The van der Waals surface area contributed by atoms with E-state index in [4.69, 9.17) is 9.15 Å². The Labute approximate surface area is 202 Å². The number of carbonyl (C=O) groups is 1. The first-order chi connectivity index (χ1) is 16.7. The lowest BCUT2D eigenvalue weighted by atomic mass is 9.89. The fourth-order valence-electron chi connectivity index (χ4n) is 5.27. The second-order valence-electron chi connectivity index (χ2n) is 9.69. The van der Waals surface area contributed by atoms with Crippen molar-refractivity contribution in [3.63, 3.8) is 0 Å². The molecule has 5 rings (SSSR count). The van der Waals surface area contributed by atoms with Gasteiger partial charge in [0.15, 0.2) is 0 Å². The van der Waals surface area contributed by atoms with Gasteiger partial charge in [-0.05, 0) is 74.0 Å². The fraction of sp³-hybridized carbons (Fsp3) is 0.414. The molecule has 2 fully saturated rings. The third-order valence-corrected chi connectivity index (χ3v) is 7.25. The number of piperidine rings is 2. The Morgan fingerprint density at radius 2 is 1.74 bits per heavy atom. The Hall–Kier alpha value is -3.05. The number of ether oxygens (including phenoxy) is 1. The first-order valence-corrected chi connectivity index (χ1v) is 12.5. The SMILES string of the molecule is O=C(c1ccoc1)N1CCC[C@H](COc2ccc(CN3CCC(c4ccccc4)CC3)cc2)C1. The van der Waals surface area contributed by atoms with Crippen LogP contribution in [-0.4, -0.2) is 48.5 Å². The minimum atomic E-state index is 0.0515. The Bertz CT molecular complexity index is 1030. The van der Waals surface area contributed by atoms with Crippen molar-refractivity contribution < 1.29 is 13.9 Å². The Morgan fingerprint density at radius 3 is 2.47 bits per heavy atom. The van der Waals surface area contributed by atoms with E-state index in [9.17, 15) is 4.79 Å². The van der Waals surface area contributed by atoms with Crippen LogP contribution in [0.25, 0.3) is 0 Å². The lowest BCUT2D eigenvalue weighted by molar-refractivity contribution is 0.0632. The molecule has 1 aromatic heterocycles. The van der Waals surface area contributed by atoms with Crippen molar-refractivity contribution in [2.45, 2.75) is 38.1 Å². The average molecular weight is 459 g/mol. The summed E-state index contributed by atoms with van der Waals surface area (Å²) < 4.78 is 11.2. The molecular formula is C29H34N2O3. The van der Waals surface area contributed by atoms with Crippen LogP contribution >= 0.6 is 0 Å². The van der Waals surface area contributed by atoms with Gasteiger partial charge in [-0.3, -0.25) is 9.69 Å². The molecule has 2 aromatic carbocycles. The van der Waals surface area contributed by atoms with Crippen LogP contribution in [0, 0.1) is 5.92 Å². The molecule has 1 amide bonds. The van der Waals surface area contributed by atoms with Gasteiger partial charge >= 0.3 is 0 Å². The largest absolute Gasteiger partial charge is 0.493 e. The van der Waals surface area contributed by atoms with Crippen LogP contribution < -0.4 is 4.74 Å². The van der Waals surface area contributed by atoms with Crippen LogP contribution in [0.3, 0.4) is 0 Å². The third kappa shape index (κ3) is 5.71. The molecule has 0 radical (unpaired) electrons. The van der Waals surface area contributed by atoms with Crippen LogP contribution in [0.15, 0.2) is 77.6 Å². The standard InChI is InChI=1S/C29H34N2O3/c32-29(27-14-18-33-22-27)31-15-4-5-24(20-31)21-34-28-10-8-23(9-11-28)19-30-16-12-26(13-17-30)25-6-2-1-3-7-25/h1-3,6-11,14,18,22,24,26H,4-5,12-13,15-17,19-21H2/t24-/m0/s1. The van der Waals surface area contributed by atoms with E-state index in [-0.39, 0.29) is 5.91 Å². The second-order valence-corrected chi connectivity index (χ2v) is 9.69. The summed E-state index contributed by atoms with van der Waals surface area (Å²) in [5.74, 6) is 2.01. The average Bonchev–Trinajstić information content (AvgIpc) is 3.44. The van der Waals surface area contributed by atoms with Gasteiger partial charge < -0.3 is 14.1 Å². The zero-order chi connectivity index (χ0) is 23.2. The van der Waals surface area contributed by atoms with Gasteiger partial charge in [0.1, 0.15) is 12.0 Å². The van der Waals surface area contributed by atoms with E-state index in [0.29, 0.717) is 24.0 Å². The van der Waals surface area contributed by atoms with Crippen LogP contribution in [0.1, 0.15) is 53.1 Å². The van der Waals surface area contributed by atoms with Gasteiger partial charge in [-0.2, -0.15) is 0 Å². The number of benzene rings is 2. The molecule has 2 aliphatic rings. The summed E-state index contributed by atoms with van der Waals surface area (Å²) in [6.45, 7) is 5.47. The fourth-order valence-corrected chi connectivity index (χ4v) is 5.27. The summed E-state index contributed by atoms with van der Waals surface area (Å²) in [7, 11) is 0. The maximum Gasteiger partial charge on any atom is 0.257 e. The van der Waals surface area contributed by atoms with E-state index in [2.05, 4.69) is 59.5 Å². The molecule has 3 heterocycles. The number of hydrogen-bond donors (Lipinski definition) is 0. The lowest BCUT2D eigenvalue weighted by Gasteiger charge is -2.32. The summed E-state index contributed by atoms with van der Waals surface area (Å²) in [6.07, 6.45) is 7.63. The van der Waals surface area contributed by atoms with Gasteiger partial charge in [-0.1, -0.05) is 42.5 Å². The molecule has 0 bridgehead atoms. The topological polar surface area (TPSA) is 45.9 Å². The van der Waals surface area contributed by atoms with Gasteiger partial charge in [-0.15, -0.1) is 0 Å². The highest BCUT2D eigenvalue weighted by Gasteiger charge is 2.25. The number of carbonyl (C=O) groups excluding carboxylic acids is 1. The Balaban J connectivity index is 1.06. The van der Waals surface area contributed by atoms with E-state index >= 15 is 0 Å². The molecule has 5 nitrogen and oxygen atoms in total. The molecule has 178 valence electrons. The molecule has 0 spiro atoms. The van der Waals surface area contributed by atoms with Crippen LogP contribution in [0.5, 0.6) is 5.75 Å². The summed E-state index contributed by atoms with van der Waals surface area (Å²) in [5, 5.41) is 0. The maximum atomic E-state index is 12.6. The van der Waals surface area contributed by atoms with Crippen molar-refractivity contribution in [2.75, 3.05) is 32.8 Å². The molecule has 2 aliphatic heterocycles. The van der Waals surface area contributed by atoms with Crippen LogP contribution in [-0.2, 0) is 6.54 Å². The zero-order valence-electron chi connectivity index (χ0n) is 19.8. The highest BCUT2D eigenvalue weighted by atomic mass is 16.5. The Morgan fingerprint density at radius 1 is 0.941 bits per heavy atom. The van der Waals surface area contributed by atoms with Crippen molar-refractivity contribution in [3.05, 3.63) is 89.9 Å². The lowest BCUT2D eigenvalue weighted by Crippen LogP contribution is -2.41. The maximum absolute atomic E-state index is 12.6. The van der Waals surface area contributed by atoms with E-state index < -0.39 is 0 Å². The highest BCUT2D eigenvalue weighted by molar-refractivity contribution is 5.93. The summed E-state index contributed by atoms with van der Waals surface area (Å²) >= 11 is 0. The van der Waals surface area contributed by atoms with Gasteiger partial charge in [0.05, 0.1) is 18.4 Å². The number of hydrogen-bond acceptors (Lipinski definition) is 4. The highest BCUT2D eigenvalue weighted by Crippen LogP contribution is 2.28. The van der Waals surface area contributed by atoms with Crippen LogP contribution in [0.2, 0.25) is 0 Å². The van der Waals surface area contributed by atoms with E-state index in [1.165, 1.54) is 30.2 Å². The van der Waals surface area contributed by atoms with Gasteiger partial charge in [0.25, 0.3) is 5.91 Å². The molecule has 5 heteroatoms. The molecule has 1 atom stereocenters. The van der Waals surface area contributed by atoms with Gasteiger partial charge in [-0.25, -0.2) is 0 Å². The van der Waals surface area contributed by atoms with Crippen molar-refractivity contribution in [1.29, 1.82) is 0 Å². The number of likely N-dealkylation sites (tertiary alicyclic amines) is 2. The number of furan rings is 1. The van der Waals surface area contributed by atoms with Crippen molar-refractivity contribution >= 4 is 5.91 Å². The molecule has 34 heavy (non-hydrogen) atoms. The minimum Gasteiger partial charge on any atom is -0.493 e.